The number of rotatable bonds is 7. The van der Waals surface area contributed by atoms with Gasteiger partial charge in [0.2, 0.25) is 11.8 Å². The summed E-state index contributed by atoms with van der Waals surface area (Å²) in [5.41, 5.74) is 0. The molecule has 1 aliphatic heterocycles. The van der Waals surface area contributed by atoms with E-state index in [1.54, 1.807) is 17.7 Å². The van der Waals surface area contributed by atoms with Gasteiger partial charge in [-0.3, -0.25) is 0 Å². The van der Waals surface area contributed by atoms with Crippen LogP contribution in [0.5, 0.6) is 28.7 Å². The number of nitrogens with zero attached hydrogens (tertiary/aromatic N) is 4. The van der Waals surface area contributed by atoms with Crippen molar-refractivity contribution in [2.24, 2.45) is 0 Å². The lowest BCUT2D eigenvalue weighted by molar-refractivity contribution is 0.173. The van der Waals surface area contributed by atoms with Gasteiger partial charge < -0.3 is 23.7 Å². The fourth-order valence-corrected chi connectivity index (χ4v) is 3.60. The largest absolute Gasteiger partial charge is 0.493 e. The third-order valence-electron chi connectivity index (χ3n) is 4.23. The highest BCUT2D eigenvalue weighted by molar-refractivity contribution is 7.16. The molecule has 29 heavy (non-hydrogen) atoms. The van der Waals surface area contributed by atoms with Gasteiger partial charge in [-0.1, -0.05) is 23.5 Å². The fraction of sp³-hybridized carbons (Fsp3) is 0.211. The van der Waals surface area contributed by atoms with Crippen LogP contribution in [-0.2, 0) is 13.2 Å². The quantitative estimate of drug-likeness (QED) is 0.458. The van der Waals surface area contributed by atoms with Crippen LogP contribution in [0.4, 0.5) is 0 Å². The summed E-state index contributed by atoms with van der Waals surface area (Å²) in [4.78, 5) is 0.674. The Balaban J connectivity index is 1.27. The number of benzene rings is 2. The van der Waals surface area contributed by atoms with Gasteiger partial charge in [-0.15, -0.1) is 10.2 Å². The molecule has 0 amide bonds. The molecule has 2 aromatic carbocycles. The van der Waals surface area contributed by atoms with Crippen molar-refractivity contribution in [3.05, 3.63) is 53.3 Å². The molecule has 9 nitrogen and oxygen atoms in total. The molecule has 4 aromatic rings. The number of methoxy groups -OCH3 is 1. The van der Waals surface area contributed by atoms with E-state index in [1.165, 1.54) is 11.3 Å². The predicted octanol–water partition coefficient (Wildman–Crippen LogP) is 3.08. The van der Waals surface area contributed by atoms with Crippen LogP contribution in [0.15, 0.2) is 42.5 Å². The zero-order valence-corrected chi connectivity index (χ0v) is 16.2. The molecule has 10 heteroatoms. The second-order valence-electron chi connectivity index (χ2n) is 6.05. The minimum absolute atomic E-state index is 0.220. The zero-order valence-electron chi connectivity index (χ0n) is 15.4. The number of hydrogen-bond donors (Lipinski definition) is 0. The van der Waals surface area contributed by atoms with Crippen molar-refractivity contribution >= 4 is 16.3 Å². The molecule has 148 valence electrons. The molecule has 5 rings (SSSR count). The molecule has 0 bridgehead atoms. The van der Waals surface area contributed by atoms with E-state index in [0.717, 1.165) is 5.01 Å². The first-order valence-corrected chi connectivity index (χ1v) is 9.60. The van der Waals surface area contributed by atoms with Crippen molar-refractivity contribution in [2.75, 3.05) is 13.9 Å². The second-order valence-corrected chi connectivity index (χ2v) is 7.09. The summed E-state index contributed by atoms with van der Waals surface area (Å²) in [6.45, 7) is 0.746. The van der Waals surface area contributed by atoms with Crippen molar-refractivity contribution in [3.63, 3.8) is 0 Å². The molecule has 0 N–H and O–H groups in total. The molecule has 2 aromatic heterocycles. The molecule has 0 unspecified atom stereocenters. The number of ether oxygens (including phenoxy) is 5. The Morgan fingerprint density at radius 3 is 2.76 bits per heavy atom. The van der Waals surface area contributed by atoms with Crippen LogP contribution in [0, 0.1) is 0 Å². The normalized spacial score (nSPS) is 12.3. The second kappa shape index (κ2) is 7.47. The fourth-order valence-electron chi connectivity index (χ4n) is 2.84. The molecule has 0 radical (unpaired) electrons. The lowest BCUT2D eigenvalue weighted by Crippen LogP contribution is -2.03. The highest BCUT2D eigenvalue weighted by Crippen LogP contribution is 2.35. The number of hydrogen-bond acceptors (Lipinski definition) is 9. The van der Waals surface area contributed by atoms with E-state index in [4.69, 9.17) is 23.7 Å². The summed E-state index contributed by atoms with van der Waals surface area (Å²) in [6.07, 6.45) is 0. The summed E-state index contributed by atoms with van der Waals surface area (Å²) >= 11 is 1.41. The number of fused-ring (bicyclic) bond motifs is 2. The van der Waals surface area contributed by atoms with E-state index in [1.807, 2.05) is 36.4 Å². The number of para-hydroxylation sites is 2. The maximum Gasteiger partial charge on any atom is 0.234 e. The van der Waals surface area contributed by atoms with Crippen LogP contribution < -0.4 is 23.7 Å². The van der Waals surface area contributed by atoms with E-state index in [0.29, 0.717) is 46.1 Å². The molecular formula is C19H16N4O5S. The van der Waals surface area contributed by atoms with Crippen molar-refractivity contribution in [2.45, 2.75) is 13.2 Å². The Hall–Kier alpha value is -3.53. The van der Waals surface area contributed by atoms with Crippen molar-refractivity contribution in [3.8, 4) is 28.7 Å². The Labute approximate surface area is 169 Å². The van der Waals surface area contributed by atoms with E-state index in [2.05, 4.69) is 15.3 Å². The molecule has 0 aliphatic carbocycles. The molecule has 3 heterocycles. The van der Waals surface area contributed by atoms with Crippen LogP contribution in [-0.4, -0.2) is 33.7 Å². The van der Waals surface area contributed by atoms with Gasteiger partial charge in [0.1, 0.15) is 19.0 Å². The van der Waals surface area contributed by atoms with Crippen molar-refractivity contribution in [1.82, 2.24) is 19.8 Å². The summed E-state index contributed by atoms with van der Waals surface area (Å²) in [5.74, 6) is 3.96. The maximum atomic E-state index is 5.83. The Morgan fingerprint density at radius 2 is 1.86 bits per heavy atom. The standard InChI is InChI=1S/C19H16N4O5S/c1-24-13-4-2-3-5-14(13)26-10-18-22-23-17(20-21-19(23)29-18)9-25-12-6-7-15-16(8-12)28-11-27-15/h2-8H,9-11H2,1H3. The predicted molar refractivity (Wildman–Crippen MR) is 103 cm³/mol. The van der Waals surface area contributed by atoms with Crippen LogP contribution >= 0.6 is 11.3 Å². The summed E-state index contributed by atoms with van der Waals surface area (Å²) in [6, 6.07) is 12.9. The summed E-state index contributed by atoms with van der Waals surface area (Å²) in [7, 11) is 1.61. The highest BCUT2D eigenvalue weighted by atomic mass is 32.1. The SMILES string of the molecule is COc1ccccc1OCc1nn2c(COc3ccc4c(c3)OCO4)nnc2s1. The first-order valence-electron chi connectivity index (χ1n) is 8.78. The third-order valence-corrected chi connectivity index (χ3v) is 5.10. The Morgan fingerprint density at radius 1 is 1.00 bits per heavy atom. The third kappa shape index (κ3) is 3.49. The van der Waals surface area contributed by atoms with Crippen molar-refractivity contribution in [1.29, 1.82) is 0 Å². The average Bonchev–Trinajstić information content (AvgIpc) is 3.46. The smallest absolute Gasteiger partial charge is 0.234 e. The molecule has 1 aliphatic rings. The Bertz CT molecular complexity index is 1160. The summed E-state index contributed by atoms with van der Waals surface area (Å²) in [5, 5.41) is 13.6. The van der Waals surface area contributed by atoms with Gasteiger partial charge in [-0.05, 0) is 24.3 Å². The van der Waals surface area contributed by atoms with Gasteiger partial charge >= 0.3 is 0 Å². The first kappa shape index (κ1) is 17.6. The lowest BCUT2D eigenvalue weighted by Gasteiger charge is -2.08. The minimum atomic E-state index is 0.220. The van der Waals surface area contributed by atoms with E-state index < -0.39 is 0 Å². The molecule has 0 spiro atoms. The van der Waals surface area contributed by atoms with E-state index in [9.17, 15) is 0 Å². The topological polar surface area (TPSA) is 89.2 Å². The minimum Gasteiger partial charge on any atom is -0.493 e. The highest BCUT2D eigenvalue weighted by Gasteiger charge is 2.16. The number of aromatic nitrogens is 4. The van der Waals surface area contributed by atoms with Crippen LogP contribution in [0.1, 0.15) is 10.8 Å². The Kier molecular flexibility index (Phi) is 4.53. The first-order chi connectivity index (χ1) is 14.3. The van der Waals surface area contributed by atoms with Gasteiger partial charge in [0.05, 0.1) is 7.11 Å². The van der Waals surface area contributed by atoms with Crippen LogP contribution in [0.3, 0.4) is 0 Å². The van der Waals surface area contributed by atoms with Crippen LogP contribution in [0.2, 0.25) is 0 Å². The van der Waals surface area contributed by atoms with Gasteiger partial charge in [-0.25, -0.2) is 0 Å². The zero-order chi connectivity index (χ0) is 19.6. The molecule has 0 saturated heterocycles. The molecule has 0 saturated carbocycles. The van der Waals surface area contributed by atoms with E-state index >= 15 is 0 Å². The monoisotopic (exact) mass is 412 g/mol. The van der Waals surface area contributed by atoms with Gasteiger partial charge in [-0.2, -0.15) is 9.61 Å². The summed E-state index contributed by atoms with van der Waals surface area (Å²) < 4.78 is 29.3. The van der Waals surface area contributed by atoms with Crippen LogP contribution in [0.25, 0.3) is 4.96 Å². The lowest BCUT2D eigenvalue weighted by atomic mass is 10.3. The molecule has 0 atom stereocenters. The molecular weight excluding hydrogens is 396 g/mol. The van der Waals surface area contributed by atoms with Gasteiger partial charge in [0.15, 0.2) is 33.8 Å². The van der Waals surface area contributed by atoms with Crippen molar-refractivity contribution < 1.29 is 23.7 Å². The molecule has 0 fully saturated rings. The average molecular weight is 412 g/mol. The van der Waals surface area contributed by atoms with Gasteiger partial charge in [0, 0.05) is 6.07 Å². The van der Waals surface area contributed by atoms with E-state index in [-0.39, 0.29) is 13.4 Å². The maximum absolute atomic E-state index is 5.83. The van der Waals surface area contributed by atoms with Gasteiger partial charge in [0.25, 0.3) is 0 Å².